The molecule has 0 spiro atoms. The number of hydrogen-bond donors (Lipinski definition) is 2. The van der Waals surface area contributed by atoms with E-state index in [1.54, 1.807) is 24.3 Å². The van der Waals surface area contributed by atoms with Gasteiger partial charge in [-0.25, -0.2) is 8.42 Å². The topological polar surface area (TPSA) is 74.6 Å². The van der Waals surface area contributed by atoms with Crippen LogP contribution in [0.15, 0.2) is 46.9 Å². The van der Waals surface area contributed by atoms with Crippen LogP contribution in [-0.2, 0) is 9.84 Å². The molecule has 3 fully saturated rings. The van der Waals surface area contributed by atoms with Crippen LogP contribution in [-0.4, -0.2) is 36.1 Å². The minimum atomic E-state index is -3.52. The Balaban J connectivity index is 1.32. The number of sulfone groups is 1. The molecular weight excluding hydrogens is 492 g/mol. The van der Waals surface area contributed by atoms with E-state index in [1.165, 1.54) is 37.7 Å². The van der Waals surface area contributed by atoms with Crippen molar-refractivity contribution >= 4 is 9.84 Å². The maximum absolute atomic E-state index is 13.8. The second-order valence-electron chi connectivity index (χ2n) is 14.5. The standard InChI is InChI=1S/C33H50O4S/c1-32(2,3)31(35)21-26(38(36,37)25-8-6-5-7-9-25)14-11-23-12-17-30-29-15-10-22-20-24(34)13-16-27(22)28(29)18-19-33(23,30)4/h5-10,23-24,26-31,34-35H,11-21H2,1-4H3. The lowest BCUT2D eigenvalue weighted by Gasteiger charge is -2.54. The van der Waals surface area contributed by atoms with E-state index in [1.807, 2.05) is 26.8 Å². The molecular formula is C33H50O4S. The Labute approximate surface area is 231 Å². The molecule has 5 heteroatoms. The SMILES string of the molecule is CC(C)(C)C(O)CC(CCC1CCC2C3CC=C4CC(O)CCC4C3CCC12C)S(=O)(=O)c1ccccc1. The van der Waals surface area contributed by atoms with Gasteiger partial charge in [0, 0.05) is 0 Å². The summed E-state index contributed by atoms with van der Waals surface area (Å²) in [5.41, 5.74) is 1.47. The molecule has 38 heavy (non-hydrogen) atoms. The van der Waals surface area contributed by atoms with E-state index in [-0.39, 0.29) is 16.9 Å². The number of allylic oxidation sites excluding steroid dienone is 1. The smallest absolute Gasteiger partial charge is 0.181 e. The summed E-state index contributed by atoms with van der Waals surface area (Å²) in [4.78, 5) is 0.379. The third-order valence-electron chi connectivity index (χ3n) is 11.4. The predicted molar refractivity (Wildman–Crippen MR) is 153 cm³/mol. The van der Waals surface area contributed by atoms with Crippen molar-refractivity contribution in [2.75, 3.05) is 0 Å². The van der Waals surface area contributed by atoms with Crippen molar-refractivity contribution in [3.05, 3.63) is 42.0 Å². The molecule has 0 amide bonds. The summed E-state index contributed by atoms with van der Waals surface area (Å²) >= 11 is 0. The molecule has 4 aliphatic rings. The largest absolute Gasteiger partial charge is 0.393 e. The Morgan fingerprint density at radius 2 is 1.76 bits per heavy atom. The third-order valence-corrected chi connectivity index (χ3v) is 13.7. The van der Waals surface area contributed by atoms with Gasteiger partial charge in [-0.15, -0.1) is 0 Å². The average Bonchev–Trinajstić information content (AvgIpc) is 3.22. The first-order valence-corrected chi connectivity index (χ1v) is 16.8. The first-order chi connectivity index (χ1) is 17.9. The summed E-state index contributed by atoms with van der Waals surface area (Å²) in [6, 6.07) is 8.85. The van der Waals surface area contributed by atoms with Gasteiger partial charge in [-0.2, -0.15) is 0 Å². The van der Waals surface area contributed by atoms with Crippen LogP contribution in [0.4, 0.5) is 0 Å². The Morgan fingerprint density at radius 1 is 1.03 bits per heavy atom. The Morgan fingerprint density at radius 3 is 2.47 bits per heavy atom. The first kappa shape index (κ1) is 28.4. The number of hydrogen-bond acceptors (Lipinski definition) is 4. The molecule has 9 unspecified atom stereocenters. The van der Waals surface area contributed by atoms with Crippen LogP contribution in [0.25, 0.3) is 0 Å². The lowest BCUT2D eigenvalue weighted by atomic mass is 9.51. The normalized spacial score (nSPS) is 36.9. The van der Waals surface area contributed by atoms with Crippen molar-refractivity contribution in [2.45, 2.75) is 121 Å². The Kier molecular flexibility index (Phi) is 7.96. The first-order valence-electron chi connectivity index (χ1n) is 15.2. The highest BCUT2D eigenvalue weighted by atomic mass is 32.2. The minimum Gasteiger partial charge on any atom is -0.393 e. The molecule has 9 atom stereocenters. The lowest BCUT2D eigenvalue weighted by Crippen LogP contribution is -2.46. The molecule has 0 heterocycles. The van der Waals surface area contributed by atoms with Gasteiger partial charge in [0.2, 0.25) is 0 Å². The molecule has 0 saturated heterocycles. The van der Waals surface area contributed by atoms with Crippen LogP contribution in [0.3, 0.4) is 0 Å². The highest BCUT2D eigenvalue weighted by Crippen LogP contribution is 2.64. The van der Waals surface area contributed by atoms with E-state index in [0.29, 0.717) is 29.6 Å². The molecule has 0 aliphatic heterocycles. The predicted octanol–water partition coefficient (Wildman–Crippen LogP) is 6.96. The molecule has 2 N–H and O–H groups in total. The number of rotatable bonds is 7. The zero-order chi connectivity index (χ0) is 27.3. The van der Waals surface area contributed by atoms with Crippen LogP contribution < -0.4 is 0 Å². The van der Waals surface area contributed by atoms with Gasteiger partial charge in [-0.05, 0) is 123 Å². The number of aliphatic hydroxyl groups is 2. The van der Waals surface area contributed by atoms with Gasteiger partial charge in [-0.1, -0.05) is 57.5 Å². The highest BCUT2D eigenvalue weighted by molar-refractivity contribution is 7.92. The van der Waals surface area contributed by atoms with Crippen molar-refractivity contribution in [1.29, 1.82) is 0 Å². The van der Waals surface area contributed by atoms with Crippen LogP contribution in [0.1, 0.15) is 98.3 Å². The van der Waals surface area contributed by atoms with Crippen LogP contribution in [0, 0.1) is 40.4 Å². The molecule has 1 aromatic carbocycles. The second-order valence-corrected chi connectivity index (χ2v) is 16.7. The summed E-state index contributed by atoms with van der Waals surface area (Å²) in [7, 11) is -3.52. The molecule has 212 valence electrons. The maximum Gasteiger partial charge on any atom is 0.181 e. The van der Waals surface area contributed by atoms with E-state index in [9.17, 15) is 18.6 Å². The van der Waals surface area contributed by atoms with Crippen molar-refractivity contribution in [3.8, 4) is 0 Å². The number of fused-ring (bicyclic) bond motifs is 5. The van der Waals surface area contributed by atoms with Gasteiger partial charge in [0.1, 0.15) is 0 Å². The quantitative estimate of drug-likeness (QED) is 0.365. The zero-order valence-corrected chi connectivity index (χ0v) is 24.8. The Bertz CT molecular complexity index is 1100. The van der Waals surface area contributed by atoms with E-state index in [2.05, 4.69) is 13.0 Å². The monoisotopic (exact) mass is 542 g/mol. The van der Waals surface area contributed by atoms with Crippen molar-refractivity contribution < 1.29 is 18.6 Å². The second kappa shape index (κ2) is 10.7. The zero-order valence-electron chi connectivity index (χ0n) is 24.0. The molecule has 0 radical (unpaired) electrons. The van der Waals surface area contributed by atoms with E-state index < -0.39 is 21.2 Å². The molecule has 1 aromatic rings. The fraction of sp³-hybridized carbons (Fsp3) is 0.758. The number of aliphatic hydroxyl groups excluding tert-OH is 2. The van der Waals surface area contributed by atoms with E-state index in [4.69, 9.17) is 0 Å². The fourth-order valence-electron chi connectivity index (χ4n) is 9.02. The molecule has 0 bridgehead atoms. The summed E-state index contributed by atoms with van der Waals surface area (Å²) in [6.45, 7) is 8.48. The van der Waals surface area contributed by atoms with E-state index in [0.717, 1.165) is 43.4 Å². The molecule has 5 rings (SSSR count). The van der Waals surface area contributed by atoms with Crippen molar-refractivity contribution in [1.82, 2.24) is 0 Å². The summed E-state index contributed by atoms with van der Waals surface area (Å²) in [5, 5.41) is 20.6. The van der Waals surface area contributed by atoms with Crippen LogP contribution in [0.5, 0.6) is 0 Å². The highest BCUT2D eigenvalue weighted by Gasteiger charge is 2.55. The molecule has 4 aliphatic carbocycles. The average molecular weight is 543 g/mol. The molecule has 3 saturated carbocycles. The van der Waals surface area contributed by atoms with Gasteiger partial charge in [0.15, 0.2) is 9.84 Å². The molecule has 0 aromatic heterocycles. The van der Waals surface area contributed by atoms with Gasteiger partial charge in [0.05, 0.1) is 22.4 Å². The molecule has 4 nitrogen and oxygen atoms in total. The summed E-state index contributed by atoms with van der Waals surface area (Å²) in [5.74, 6) is 3.47. The maximum atomic E-state index is 13.8. The van der Waals surface area contributed by atoms with E-state index >= 15 is 0 Å². The summed E-state index contributed by atoms with van der Waals surface area (Å²) in [6.07, 6.45) is 12.7. The van der Waals surface area contributed by atoms with Crippen molar-refractivity contribution in [2.24, 2.45) is 40.4 Å². The van der Waals surface area contributed by atoms with Gasteiger partial charge >= 0.3 is 0 Å². The van der Waals surface area contributed by atoms with Gasteiger partial charge in [0.25, 0.3) is 0 Å². The lowest BCUT2D eigenvalue weighted by molar-refractivity contribution is -0.0202. The number of benzene rings is 1. The van der Waals surface area contributed by atoms with Crippen molar-refractivity contribution in [3.63, 3.8) is 0 Å². The third kappa shape index (κ3) is 5.29. The van der Waals surface area contributed by atoms with Crippen LogP contribution >= 0.6 is 0 Å². The fourth-order valence-corrected chi connectivity index (χ4v) is 10.8. The minimum absolute atomic E-state index is 0.143. The van der Waals surface area contributed by atoms with Gasteiger partial charge < -0.3 is 10.2 Å². The van der Waals surface area contributed by atoms with Crippen LogP contribution in [0.2, 0.25) is 0 Å². The Hall–Kier alpha value is -1.17. The van der Waals surface area contributed by atoms with Gasteiger partial charge in [-0.3, -0.25) is 0 Å². The summed E-state index contributed by atoms with van der Waals surface area (Å²) < 4.78 is 27.5.